The van der Waals surface area contributed by atoms with Gasteiger partial charge in [0.15, 0.2) is 11.8 Å². The molecule has 6 rings (SSSR count). The monoisotopic (exact) mass is 440 g/mol. The van der Waals surface area contributed by atoms with Crippen LogP contribution in [-0.4, -0.2) is 4.98 Å². The number of furan rings is 1. The number of pyridine rings is 2. The van der Waals surface area contributed by atoms with Crippen molar-refractivity contribution in [2.75, 3.05) is 0 Å². The van der Waals surface area contributed by atoms with Gasteiger partial charge in [0.1, 0.15) is 7.05 Å². The van der Waals surface area contributed by atoms with E-state index in [4.69, 9.17) is 14.0 Å². The molecule has 0 unspecified atom stereocenters. The molecule has 0 fully saturated rings. The summed E-state index contributed by atoms with van der Waals surface area (Å²) in [5.74, 6) is -0.828. The molecule has 0 aliphatic heterocycles. The number of nitrogens with zero attached hydrogens (tertiary/aromatic N) is 2. The number of hydrogen-bond donors (Lipinski definition) is 0. The lowest BCUT2D eigenvalue weighted by Gasteiger charge is -2.22. The first-order chi connectivity index (χ1) is 18.6. The summed E-state index contributed by atoms with van der Waals surface area (Å²) < 4.78 is 68.8. The topological polar surface area (TPSA) is 29.9 Å². The molecule has 3 heterocycles. The number of aryl methyl sites for hydroxylation is 2. The summed E-state index contributed by atoms with van der Waals surface area (Å²) in [6.45, 7) is -0.177. The molecular weight excluding hydrogens is 404 g/mol. The number of rotatable bonds is 2. The highest BCUT2D eigenvalue weighted by Crippen LogP contribution is 2.52. The van der Waals surface area contributed by atoms with Crippen LogP contribution < -0.4 is 4.57 Å². The van der Waals surface area contributed by atoms with Crippen molar-refractivity contribution in [2.24, 2.45) is 7.05 Å². The van der Waals surface area contributed by atoms with E-state index >= 15 is 0 Å². The van der Waals surface area contributed by atoms with Crippen LogP contribution in [0.4, 0.5) is 0 Å². The van der Waals surface area contributed by atoms with Crippen LogP contribution in [0.2, 0.25) is 0 Å². The fourth-order valence-electron chi connectivity index (χ4n) is 5.12. The van der Waals surface area contributed by atoms with Crippen molar-refractivity contribution in [3.63, 3.8) is 0 Å². The van der Waals surface area contributed by atoms with Gasteiger partial charge in [-0.2, -0.15) is 0 Å². The molecule has 3 aromatic heterocycles. The summed E-state index contributed by atoms with van der Waals surface area (Å²) in [7, 11) is 1.91. The lowest BCUT2D eigenvalue weighted by Crippen LogP contribution is -2.31. The molecule has 0 bridgehead atoms. The van der Waals surface area contributed by atoms with Gasteiger partial charge < -0.3 is 4.42 Å². The molecule has 5 aromatic rings. The van der Waals surface area contributed by atoms with Gasteiger partial charge in [-0.15, -0.1) is 0 Å². The highest BCUT2D eigenvalue weighted by molar-refractivity contribution is 6.13. The van der Waals surface area contributed by atoms with Crippen LogP contribution in [0.15, 0.2) is 65.3 Å². The molecule has 2 aromatic carbocycles. The van der Waals surface area contributed by atoms with Gasteiger partial charge in [0.05, 0.1) is 10.9 Å². The molecule has 33 heavy (non-hydrogen) atoms. The quantitative estimate of drug-likeness (QED) is 0.271. The van der Waals surface area contributed by atoms with Gasteiger partial charge in [0.25, 0.3) is 0 Å². The zero-order valence-corrected chi connectivity index (χ0v) is 19.1. The molecular formula is C30H29N2O+. The molecule has 0 amide bonds. The first kappa shape index (κ1) is 13.9. The number of aromatic nitrogens is 2. The third-order valence-electron chi connectivity index (χ3n) is 6.86. The van der Waals surface area contributed by atoms with Crippen LogP contribution >= 0.6 is 0 Å². The van der Waals surface area contributed by atoms with Gasteiger partial charge in [-0.3, -0.25) is 0 Å². The molecule has 0 saturated heterocycles. The predicted octanol–water partition coefficient (Wildman–Crippen LogP) is 7.21. The summed E-state index contributed by atoms with van der Waals surface area (Å²) >= 11 is 0. The van der Waals surface area contributed by atoms with Gasteiger partial charge in [-0.1, -0.05) is 63.9 Å². The molecule has 0 N–H and O–H groups in total. The molecule has 1 aliphatic rings. The molecule has 1 aliphatic carbocycles. The molecule has 3 heteroatoms. The largest absolute Gasteiger partial charge is 0.437 e. The maximum absolute atomic E-state index is 8.65. The van der Waals surface area contributed by atoms with Crippen LogP contribution in [0, 0.1) is 6.92 Å². The highest BCUT2D eigenvalue weighted by Gasteiger charge is 2.38. The Hall–Kier alpha value is -3.46. The predicted molar refractivity (Wildman–Crippen MR) is 135 cm³/mol. The molecule has 0 spiro atoms. The molecule has 3 nitrogen and oxygen atoms in total. The van der Waals surface area contributed by atoms with E-state index in [1.807, 2.05) is 62.8 Å². The van der Waals surface area contributed by atoms with E-state index in [-0.39, 0.29) is 16.8 Å². The maximum atomic E-state index is 8.65. The second kappa shape index (κ2) is 6.77. The summed E-state index contributed by atoms with van der Waals surface area (Å²) in [4.78, 5) is 4.59. The van der Waals surface area contributed by atoms with E-state index in [2.05, 4.69) is 4.98 Å². The Balaban J connectivity index is 1.79. The average Bonchev–Trinajstić information content (AvgIpc) is 3.37. The van der Waals surface area contributed by atoms with E-state index in [1.54, 1.807) is 24.3 Å². The fourth-order valence-corrected chi connectivity index (χ4v) is 5.12. The van der Waals surface area contributed by atoms with E-state index in [9.17, 15) is 0 Å². The zero-order valence-electron chi connectivity index (χ0n) is 26.1. The van der Waals surface area contributed by atoms with E-state index < -0.39 is 25.0 Å². The minimum absolute atomic E-state index is 0.186. The highest BCUT2D eigenvalue weighted by atomic mass is 16.3. The summed E-state index contributed by atoms with van der Waals surface area (Å²) in [5, 5.41) is 0.998. The Morgan fingerprint density at radius 1 is 1.09 bits per heavy atom. The van der Waals surface area contributed by atoms with E-state index in [0.717, 1.165) is 22.4 Å². The van der Waals surface area contributed by atoms with Crippen molar-refractivity contribution in [1.82, 2.24) is 4.98 Å². The van der Waals surface area contributed by atoms with Crippen molar-refractivity contribution in [2.45, 2.75) is 45.8 Å². The van der Waals surface area contributed by atoms with Crippen molar-refractivity contribution in [3.8, 4) is 22.4 Å². The van der Waals surface area contributed by atoms with Crippen molar-refractivity contribution >= 4 is 22.1 Å². The smallest absolute Gasteiger partial charge is 0.227 e. The molecule has 0 atom stereocenters. The lowest BCUT2D eigenvalue weighted by molar-refractivity contribution is -0.660. The first-order valence-corrected chi connectivity index (χ1v) is 11.0. The van der Waals surface area contributed by atoms with Gasteiger partial charge in [0, 0.05) is 44.3 Å². The number of hydrogen-bond acceptors (Lipinski definition) is 2. The second-order valence-electron chi connectivity index (χ2n) is 9.17. The number of benzene rings is 2. The van der Waals surface area contributed by atoms with Gasteiger partial charge in [0.2, 0.25) is 11.4 Å². The van der Waals surface area contributed by atoms with Crippen molar-refractivity contribution in [3.05, 3.63) is 83.2 Å². The Morgan fingerprint density at radius 3 is 2.70 bits per heavy atom. The third kappa shape index (κ3) is 2.68. The molecule has 0 radical (unpaired) electrons. The molecule has 0 saturated carbocycles. The summed E-state index contributed by atoms with van der Waals surface area (Å²) in [6, 6.07) is 14.5. The normalized spacial score (nSPS) is 18.5. The Kier molecular flexibility index (Phi) is 2.86. The Labute approximate surface area is 204 Å². The zero-order chi connectivity index (χ0) is 29.0. The van der Waals surface area contributed by atoms with Crippen LogP contribution in [0.3, 0.4) is 0 Å². The Bertz CT molecular complexity index is 1830. The van der Waals surface area contributed by atoms with Crippen LogP contribution in [0.5, 0.6) is 0 Å². The second-order valence-corrected chi connectivity index (χ2v) is 9.17. The van der Waals surface area contributed by atoms with Crippen molar-refractivity contribution < 1.29 is 18.6 Å². The minimum atomic E-state index is -2.90. The average molecular weight is 441 g/mol. The van der Waals surface area contributed by atoms with Crippen LogP contribution in [0.1, 0.15) is 65.3 Å². The van der Waals surface area contributed by atoms with E-state index in [1.165, 1.54) is 6.20 Å². The van der Waals surface area contributed by atoms with Gasteiger partial charge in [-0.25, -0.2) is 9.55 Å². The molecule has 164 valence electrons. The summed E-state index contributed by atoms with van der Waals surface area (Å²) in [5.41, 5.74) is 3.25. The van der Waals surface area contributed by atoms with Crippen molar-refractivity contribution in [1.29, 1.82) is 0 Å². The van der Waals surface area contributed by atoms with Gasteiger partial charge >= 0.3 is 0 Å². The van der Waals surface area contributed by atoms with Crippen LogP contribution in [-0.2, 0) is 12.5 Å². The lowest BCUT2D eigenvalue weighted by atomic mass is 9.81. The van der Waals surface area contributed by atoms with E-state index in [0.29, 0.717) is 27.5 Å². The van der Waals surface area contributed by atoms with Gasteiger partial charge in [-0.05, 0) is 40.6 Å². The minimum Gasteiger partial charge on any atom is -0.437 e. The fraction of sp³-hybridized carbons (Fsp3) is 0.267. The van der Waals surface area contributed by atoms with Crippen LogP contribution in [0.25, 0.3) is 44.5 Å². The standard InChI is InChI=1S/C30H29N2O/c1-17(2)19-13-14-32(6)24(15-19)25-18(3)11-12-21-26-27-22(16-31-29(26)33-28(21)25)20-9-7-8-10-23(20)30(27,4)5/h7-17H,1-6H3/q+1/i4D3,5D3,17D. The Morgan fingerprint density at radius 2 is 1.91 bits per heavy atom. The SMILES string of the molecule is [2H]C(C)(C)c1cc[n+](C)c(-c2c(C)ccc3c2oc2ncc4c(c23)C(C([2H])([2H])[2H])(C([2H])([2H])[2H])c2ccccc2-4)c1. The number of fused-ring (bicyclic) bond motifs is 7. The summed E-state index contributed by atoms with van der Waals surface area (Å²) in [6.07, 6.45) is 3.44. The third-order valence-corrected chi connectivity index (χ3v) is 6.86. The first-order valence-electron chi connectivity index (χ1n) is 14.5. The maximum Gasteiger partial charge on any atom is 0.227 e.